The number of aromatic amines is 1. The highest BCUT2D eigenvalue weighted by Crippen LogP contribution is 2.34. The third kappa shape index (κ3) is 5.15. The summed E-state index contributed by atoms with van der Waals surface area (Å²) in [6.07, 6.45) is 3.60. The van der Waals surface area contributed by atoms with Crippen molar-refractivity contribution in [1.29, 1.82) is 0 Å². The number of likely N-dealkylation sites (tertiary alicyclic amines) is 1. The lowest BCUT2D eigenvalue weighted by atomic mass is 10.2. The van der Waals surface area contributed by atoms with Gasteiger partial charge in [-0.05, 0) is 42.8 Å². The van der Waals surface area contributed by atoms with Gasteiger partial charge in [-0.25, -0.2) is 4.79 Å². The van der Waals surface area contributed by atoms with Gasteiger partial charge in [0, 0.05) is 17.5 Å². The fourth-order valence-corrected chi connectivity index (χ4v) is 5.41. The predicted octanol–water partition coefficient (Wildman–Crippen LogP) is 3.20. The van der Waals surface area contributed by atoms with Crippen LogP contribution in [0.3, 0.4) is 0 Å². The molecular weight excluding hydrogens is 450 g/mol. The van der Waals surface area contributed by atoms with E-state index in [0.717, 1.165) is 37.8 Å². The van der Waals surface area contributed by atoms with E-state index in [1.54, 1.807) is 11.3 Å². The van der Waals surface area contributed by atoms with Crippen molar-refractivity contribution in [1.82, 2.24) is 14.5 Å². The van der Waals surface area contributed by atoms with E-state index in [9.17, 15) is 14.4 Å². The first-order chi connectivity index (χ1) is 16.5. The number of benzene rings is 1. The Morgan fingerprint density at radius 3 is 2.71 bits per heavy atom. The summed E-state index contributed by atoms with van der Waals surface area (Å²) >= 11 is 1.70. The fraction of sp³-hybridized carbons (Fsp3) is 0.400. The molecule has 9 heteroatoms. The van der Waals surface area contributed by atoms with E-state index in [2.05, 4.69) is 21.3 Å². The predicted molar refractivity (Wildman–Crippen MR) is 136 cm³/mol. The smallest absolute Gasteiger partial charge is 0.330 e. The van der Waals surface area contributed by atoms with Crippen molar-refractivity contribution in [3.05, 3.63) is 79.1 Å². The number of nitrogens with one attached hydrogen (secondary N) is 1. The number of thiophene rings is 1. The Balaban J connectivity index is 1.65. The maximum absolute atomic E-state index is 13.6. The van der Waals surface area contributed by atoms with Crippen LogP contribution in [0.15, 0.2) is 57.4 Å². The van der Waals surface area contributed by atoms with Gasteiger partial charge in [0.15, 0.2) is 5.69 Å². The van der Waals surface area contributed by atoms with E-state index in [4.69, 9.17) is 5.73 Å². The molecule has 34 heavy (non-hydrogen) atoms. The lowest BCUT2D eigenvalue weighted by Crippen LogP contribution is -2.45. The van der Waals surface area contributed by atoms with Crippen LogP contribution in [0, 0.1) is 0 Å². The molecule has 180 valence electrons. The summed E-state index contributed by atoms with van der Waals surface area (Å²) in [6.45, 7) is 3.62. The topological polar surface area (TPSA) is 104 Å². The van der Waals surface area contributed by atoms with Gasteiger partial charge in [0.2, 0.25) is 5.91 Å². The van der Waals surface area contributed by atoms with Gasteiger partial charge >= 0.3 is 5.69 Å². The van der Waals surface area contributed by atoms with E-state index in [0.29, 0.717) is 6.54 Å². The number of anilines is 2. The Bertz CT molecular complexity index is 1220. The first-order valence-electron chi connectivity index (χ1n) is 11.7. The van der Waals surface area contributed by atoms with Gasteiger partial charge in [-0.2, -0.15) is 0 Å². The van der Waals surface area contributed by atoms with Crippen LogP contribution in [0.1, 0.15) is 49.1 Å². The standard InChI is InChI=1S/C25H31N5O3S/c1-2-3-14-29(21(31)17-28-13-7-11-19(28)20-12-8-15-34-20)22-23(26)30(25(33)27-24(22)32)16-18-9-5-4-6-10-18/h4-6,8-10,12,15,19H,2-3,7,11,13-14,16-17,26H2,1H3,(H,27,32,33)/t19-/m0/s1. The number of aromatic nitrogens is 2. The van der Waals surface area contributed by atoms with Gasteiger partial charge in [0.25, 0.3) is 5.56 Å². The molecule has 1 aliphatic rings. The van der Waals surface area contributed by atoms with Crippen LogP contribution in [0.25, 0.3) is 0 Å². The van der Waals surface area contributed by atoms with Crippen LogP contribution in [0.2, 0.25) is 0 Å². The highest BCUT2D eigenvalue weighted by atomic mass is 32.1. The average Bonchev–Trinajstić information content (AvgIpc) is 3.51. The van der Waals surface area contributed by atoms with Crippen LogP contribution in [0.5, 0.6) is 0 Å². The number of carbonyl (C=O) groups is 1. The summed E-state index contributed by atoms with van der Waals surface area (Å²) in [7, 11) is 0. The SMILES string of the molecule is CCCCN(C(=O)CN1CCC[C@H]1c1cccs1)c1c(N)n(Cc2ccccc2)c(=O)[nH]c1=O. The number of hydrogen-bond acceptors (Lipinski definition) is 6. The Morgan fingerprint density at radius 1 is 1.21 bits per heavy atom. The van der Waals surface area contributed by atoms with Crippen molar-refractivity contribution >= 4 is 28.7 Å². The van der Waals surface area contributed by atoms with Crippen molar-refractivity contribution < 1.29 is 4.79 Å². The molecule has 3 heterocycles. The summed E-state index contributed by atoms with van der Waals surface area (Å²) in [5, 5.41) is 2.05. The molecule has 0 spiro atoms. The number of amides is 1. The Morgan fingerprint density at radius 2 is 2.00 bits per heavy atom. The second-order valence-electron chi connectivity index (χ2n) is 8.61. The molecule has 3 aromatic rings. The van der Waals surface area contributed by atoms with Crippen LogP contribution in [0.4, 0.5) is 11.5 Å². The van der Waals surface area contributed by atoms with Gasteiger partial charge in [0.1, 0.15) is 5.82 Å². The van der Waals surface area contributed by atoms with Gasteiger partial charge < -0.3 is 10.6 Å². The molecule has 1 fully saturated rings. The second-order valence-corrected chi connectivity index (χ2v) is 9.59. The number of nitrogens with two attached hydrogens (primary N) is 1. The largest absolute Gasteiger partial charge is 0.383 e. The molecule has 4 rings (SSSR count). The summed E-state index contributed by atoms with van der Waals surface area (Å²) < 4.78 is 1.32. The summed E-state index contributed by atoms with van der Waals surface area (Å²) in [6, 6.07) is 13.8. The first-order valence-corrected chi connectivity index (χ1v) is 12.6. The maximum atomic E-state index is 13.6. The van der Waals surface area contributed by atoms with Crippen LogP contribution in [-0.4, -0.2) is 40.0 Å². The molecule has 0 bridgehead atoms. The molecule has 0 saturated carbocycles. The lowest BCUT2D eigenvalue weighted by molar-refractivity contribution is -0.120. The number of unbranched alkanes of at least 4 members (excludes halogenated alkanes) is 1. The minimum Gasteiger partial charge on any atom is -0.383 e. The third-order valence-electron chi connectivity index (χ3n) is 6.28. The molecule has 0 aliphatic carbocycles. The zero-order valence-electron chi connectivity index (χ0n) is 19.4. The highest BCUT2D eigenvalue weighted by Gasteiger charge is 2.31. The van der Waals surface area contributed by atoms with Gasteiger partial charge in [-0.1, -0.05) is 49.7 Å². The molecule has 1 aromatic carbocycles. The number of nitrogen functional groups attached to an aromatic ring is 1. The molecular formula is C25H31N5O3S. The number of rotatable bonds is 9. The lowest BCUT2D eigenvalue weighted by Gasteiger charge is -2.29. The van der Waals surface area contributed by atoms with E-state index in [1.165, 1.54) is 14.3 Å². The molecule has 8 nitrogen and oxygen atoms in total. The van der Waals surface area contributed by atoms with E-state index in [-0.39, 0.29) is 36.5 Å². The normalized spacial score (nSPS) is 16.1. The van der Waals surface area contributed by atoms with Crippen molar-refractivity contribution in [3.8, 4) is 0 Å². The number of hydrogen-bond donors (Lipinski definition) is 2. The molecule has 1 saturated heterocycles. The monoisotopic (exact) mass is 481 g/mol. The van der Waals surface area contributed by atoms with E-state index in [1.807, 2.05) is 43.3 Å². The Kier molecular flexibility index (Phi) is 7.64. The number of H-pyrrole nitrogens is 1. The maximum Gasteiger partial charge on any atom is 0.330 e. The second kappa shape index (κ2) is 10.8. The Hall–Kier alpha value is -3.17. The molecule has 3 N–H and O–H groups in total. The molecule has 1 amide bonds. The summed E-state index contributed by atoms with van der Waals surface area (Å²) in [5.74, 6) is -0.169. The minimum atomic E-state index is -0.632. The van der Waals surface area contributed by atoms with E-state index >= 15 is 0 Å². The molecule has 0 radical (unpaired) electrons. The third-order valence-corrected chi connectivity index (χ3v) is 7.25. The van der Waals surface area contributed by atoms with Crippen LogP contribution < -0.4 is 21.9 Å². The quantitative estimate of drug-likeness (QED) is 0.488. The zero-order valence-corrected chi connectivity index (χ0v) is 20.2. The summed E-state index contributed by atoms with van der Waals surface area (Å²) in [5.41, 5.74) is 6.10. The zero-order chi connectivity index (χ0) is 24.1. The first kappa shape index (κ1) is 24.0. The van der Waals surface area contributed by atoms with Gasteiger partial charge in [-0.15, -0.1) is 11.3 Å². The van der Waals surface area contributed by atoms with Gasteiger partial charge in [0.05, 0.1) is 13.1 Å². The number of carbonyl (C=O) groups excluding carboxylic acids is 1. The van der Waals surface area contributed by atoms with Crippen LogP contribution in [-0.2, 0) is 11.3 Å². The highest BCUT2D eigenvalue weighted by molar-refractivity contribution is 7.10. The average molecular weight is 482 g/mol. The van der Waals surface area contributed by atoms with Crippen molar-refractivity contribution in [2.24, 2.45) is 0 Å². The summed E-state index contributed by atoms with van der Waals surface area (Å²) in [4.78, 5) is 46.3. The van der Waals surface area contributed by atoms with Crippen molar-refractivity contribution in [2.75, 3.05) is 30.3 Å². The molecule has 2 aromatic heterocycles. The fourth-order valence-electron chi connectivity index (χ4n) is 4.52. The van der Waals surface area contributed by atoms with Crippen molar-refractivity contribution in [2.45, 2.75) is 45.2 Å². The van der Waals surface area contributed by atoms with Crippen molar-refractivity contribution in [3.63, 3.8) is 0 Å². The van der Waals surface area contributed by atoms with E-state index < -0.39 is 11.2 Å². The molecule has 1 atom stereocenters. The molecule has 1 aliphatic heterocycles. The molecule has 0 unspecified atom stereocenters. The Labute approximate surface area is 202 Å². The number of nitrogens with zero attached hydrogens (tertiary/aromatic N) is 3. The van der Waals surface area contributed by atoms with Gasteiger partial charge in [-0.3, -0.25) is 24.0 Å². The van der Waals surface area contributed by atoms with Crippen LogP contribution >= 0.6 is 11.3 Å². The minimum absolute atomic E-state index is 0.0123.